The average Bonchev–Trinajstić information content (AvgIpc) is 2.89. The first-order valence-corrected chi connectivity index (χ1v) is 15.2. The van der Waals surface area contributed by atoms with E-state index in [0.717, 1.165) is 11.8 Å². The first-order valence-electron chi connectivity index (χ1n) is 12.2. The van der Waals surface area contributed by atoms with Gasteiger partial charge in [-0.1, -0.05) is 77.3 Å². The quantitative estimate of drug-likeness (QED) is 0.290. The summed E-state index contributed by atoms with van der Waals surface area (Å²) in [6.45, 7) is 0.0568. The van der Waals surface area contributed by atoms with Crippen molar-refractivity contribution in [3.05, 3.63) is 99.0 Å². The van der Waals surface area contributed by atoms with Crippen LogP contribution in [0.1, 0.15) is 24.0 Å². The number of nitrogens with zero attached hydrogens (tertiary/aromatic N) is 2. The molecule has 3 aromatic carbocycles. The zero-order chi connectivity index (χ0) is 28.6. The number of anilines is 1. The van der Waals surface area contributed by atoms with Crippen molar-refractivity contribution in [1.29, 1.82) is 0 Å². The standard InChI is InChI=1S/C28H30Cl3N3O4S/c1-32-28(36)26(17-20-9-4-3-5-10-20)33(19-23-24(30)13-7-14-25(23)31)27(35)15-8-16-34(39(2,37)38)22-12-6-11-21(29)18-22/h3-7,9-14,18,26H,8,15-17,19H2,1-2H3,(H,32,36)/t26-/m1/s1. The van der Waals surface area contributed by atoms with E-state index in [1.807, 2.05) is 30.3 Å². The molecule has 39 heavy (non-hydrogen) atoms. The summed E-state index contributed by atoms with van der Waals surface area (Å²) in [4.78, 5) is 28.3. The van der Waals surface area contributed by atoms with Crippen LogP contribution in [-0.4, -0.2) is 51.0 Å². The maximum Gasteiger partial charge on any atom is 0.242 e. The van der Waals surface area contributed by atoms with Gasteiger partial charge in [-0.25, -0.2) is 8.42 Å². The fourth-order valence-corrected chi connectivity index (χ4v) is 5.87. The van der Waals surface area contributed by atoms with Gasteiger partial charge >= 0.3 is 0 Å². The zero-order valence-corrected chi connectivity index (χ0v) is 24.7. The van der Waals surface area contributed by atoms with E-state index in [1.54, 1.807) is 42.5 Å². The minimum Gasteiger partial charge on any atom is -0.357 e. The van der Waals surface area contributed by atoms with Crippen LogP contribution in [0.5, 0.6) is 0 Å². The van der Waals surface area contributed by atoms with Gasteiger partial charge in [0.1, 0.15) is 6.04 Å². The summed E-state index contributed by atoms with van der Waals surface area (Å²) >= 11 is 18.9. The smallest absolute Gasteiger partial charge is 0.242 e. The Morgan fingerprint density at radius 1 is 0.923 bits per heavy atom. The normalized spacial score (nSPS) is 12.0. The molecule has 0 unspecified atom stereocenters. The van der Waals surface area contributed by atoms with E-state index in [4.69, 9.17) is 34.8 Å². The highest BCUT2D eigenvalue weighted by Gasteiger charge is 2.31. The Morgan fingerprint density at radius 2 is 1.56 bits per heavy atom. The highest BCUT2D eigenvalue weighted by molar-refractivity contribution is 7.92. The monoisotopic (exact) mass is 609 g/mol. The van der Waals surface area contributed by atoms with Crippen molar-refractivity contribution >= 4 is 62.3 Å². The first kappa shape index (κ1) is 30.8. The molecule has 2 amide bonds. The molecule has 0 aliphatic rings. The lowest BCUT2D eigenvalue weighted by atomic mass is 10.0. The van der Waals surface area contributed by atoms with E-state index in [-0.39, 0.29) is 44.2 Å². The van der Waals surface area contributed by atoms with Gasteiger partial charge in [-0.05, 0) is 42.3 Å². The molecular formula is C28H30Cl3N3O4S. The number of sulfonamides is 1. The van der Waals surface area contributed by atoms with Crippen LogP contribution in [0.3, 0.4) is 0 Å². The fraction of sp³-hybridized carbons (Fsp3) is 0.286. The molecule has 0 bridgehead atoms. The number of halogens is 3. The summed E-state index contributed by atoms with van der Waals surface area (Å²) in [5, 5.41) is 3.81. The first-order chi connectivity index (χ1) is 18.5. The lowest BCUT2D eigenvalue weighted by Gasteiger charge is -2.32. The van der Waals surface area contributed by atoms with E-state index < -0.39 is 16.1 Å². The molecule has 1 atom stereocenters. The van der Waals surface area contributed by atoms with E-state index in [2.05, 4.69) is 5.32 Å². The molecule has 0 heterocycles. The van der Waals surface area contributed by atoms with Crippen LogP contribution < -0.4 is 9.62 Å². The highest BCUT2D eigenvalue weighted by atomic mass is 35.5. The largest absolute Gasteiger partial charge is 0.357 e. The third-order valence-corrected chi connectivity index (χ3v) is 8.29. The lowest BCUT2D eigenvalue weighted by Crippen LogP contribution is -2.50. The van der Waals surface area contributed by atoms with Gasteiger partial charge in [-0.15, -0.1) is 0 Å². The molecule has 11 heteroatoms. The maximum absolute atomic E-state index is 13.7. The number of likely N-dealkylation sites (N-methyl/N-ethyl adjacent to an activating group) is 1. The van der Waals surface area contributed by atoms with Gasteiger partial charge in [-0.2, -0.15) is 0 Å². The van der Waals surface area contributed by atoms with E-state index in [1.165, 1.54) is 16.3 Å². The summed E-state index contributed by atoms with van der Waals surface area (Å²) in [5.41, 5.74) is 1.80. The Kier molecular flexibility index (Phi) is 11.1. The molecule has 0 spiro atoms. The summed E-state index contributed by atoms with van der Waals surface area (Å²) in [6, 6.07) is 20.1. The van der Waals surface area contributed by atoms with Crippen LogP contribution in [0.2, 0.25) is 15.1 Å². The van der Waals surface area contributed by atoms with E-state index in [9.17, 15) is 18.0 Å². The molecule has 0 saturated heterocycles. The topological polar surface area (TPSA) is 86.8 Å². The molecule has 0 aliphatic carbocycles. The number of carbonyl (C=O) groups excluding carboxylic acids is 2. The Hall–Kier alpha value is -2.78. The zero-order valence-electron chi connectivity index (χ0n) is 21.6. The number of amides is 2. The van der Waals surface area contributed by atoms with Crippen molar-refractivity contribution in [3.8, 4) is 0 Å². The van der Waals surface area contributed by atoms with Gasteiger partial charge in [0.25, 0.3) is 0 Å². The number of carbonyl (C=O) groups is 2. The molecule has 3 rings (SSSR count). The van der Waals surface area contributed by atoms with E-state index >= 15 is 0 Å². The van der Waals surface area contributed by atoms with Crippen LogP contribution in [0.25, 0.3) is 0 Å². The van der Waals surface area contributed by atoms with Crippen molar-refractivity contribution in [2.45, 2.75) is 31.8 Å². The predicted molar refractivity (Wildman–Crippen MR) is 158 cm³/mol. The fourth-order valence-electron chi connectivity index (χ4n) is 4.21. The van der Waals surface area contributed by atoms with Crippen molar-refractivity contribution in [1.82, 2.24) is 10.2 Å². The molecule has 0 radical (unpaired) electrons. The Balaban J connectivity index is 1.89. The average molecular weight is 611 g/mol. The third kappa shape index (κ3) is 8.60. The van der Waals surface area contributed by atoms with Gasteiger partial charge in [0.15, 0.2) is 0 Å². The second-order valence-corrected chi connectivity index (χ2v) is 12.1. The lowest BCUT2D eigenvalue weighted by molar-refractivity contribution is -0.141. The van der Waals surface area contributed by atoms with Crippen molar-refractivity contribution in [2.75, 3.05) is 24.2 Å². The Labute approximate surface area is 244 Å². The van der Waals surface area contributed by atoms with Crippen LogP contribution in [0, 0.1) is 0 Å². The van der Waals surface area contributed by atoms with Crippen LogP contribution >= 0.6 is 34.8 Å². The van der Waals surface area contributed by atoms with E-state index in [0.29, 0.717) is 26.3 Å². The number of hydrogen-bond acceptors (Lipinski definition) is 4. The molecule has 0 aromatic heterocycles. The Bertz CT molecular complexity index is 1380. The van der Waals surface area contributed by atoms with Crippen LogP contribution in [-0.2, 0) is 32.6 Å². The molecule has 0 fully saturated rings. The SMILES string of the molecule is CNC(=O)[C@@H](Cc1ccccc1)N(Cc1c(Cl)cccc1Cl)C(=O)CCCN(c1cccc(Cl)c1)S(C)(=O)=O. The van der Waals surface area contributed by atoms with Crippen molar-refractivity contribution in [2.24, 2.45) is 0 Å². The number of benzene rings is 3. The van der Waals surface area contributed by atoms with Gasteiger partial charge < -0.3 is 10.2 Å². The minimum atomic E-state index is -3.64. The number of hydrogen-bond donors (Lipinski definition) is 1. The Morgan fingerprint density at radius 3 is 2.15 bits per heavy atom. The number of nitrogens with one attached hydrogen (secondary N) is 1. The molecule has 1 N–H and O–H groups in total. The van der Waals surface area contributed by atoms with Gasteiger partial charge in [-0.3, -0.25) is 13.9 Å². The molecule has 3 aromatic rings. The molecule has 0 saturated carbocycles. The van der Waals surface area contributed by atoms with Crippen LogP contribution in [0.15, 0.2) is 72.8 Å². The molecular weight excluding hydrogens is 581 g/mol. The highest BCUT2D eigenvalue weighted by Crippen LogP contribution is 2.28. The summed E-state index contributed by atoms with van der Waals surface area (Å²) in [7, 11) is -2.12. The maximum atomic E-state index is 13.7. The molecule has 0 aliphatic heterocycles. The second kappa shape index (κ2) is 14.0. The van der Waals surface area contributed by atoms with Crippen molar-refractivity contribution in [3.63, 3.8) is 0 Å². The summed E-state index contributed by atoms with van der Waals surface area (Å²) in [5.74, 6) is -0.679. The number of rotatable bonds is 12. The van der Waals surface area contributed by atoms with Gasteiger partial charge in [0.05, 0.1) is 11.9 Å². The second-order valence-electron chi connectivity index (χ2n) is 8.96. The minimum absolute atomic E-state index is 0.00629. The van der Waals surface area contributed by atoms with Crippen molar-refractivity contribution < 1.29 is 18.0 Å². The van der Waals surface area contributed by atoms with Crippen LogP contribution in [0.4, 0.5) is 5.69 Å². The summed E-state index contributed by atoms with van der Waals surface area (Å²) in [6.07, 6.45) is 1.56. The van der Waals surface area contributed by atoms with Gasteiger partial charge in [0, 0.05) is 53.6 Å². The summed E-state index contributed by atoms with van der Waals surface area (Å²) < 4.78 is 26.2. The predicted octanol–water partition coefficient (Wildman–Crippen LogP) is 5.58. The molecule has 7 nitrogen and oxygen atoms in total. The molecule has 208 valence electrons. The third-order valence-electron chi connectivity index (χ3n) is 6.16. The van der Waals surface area contributed by atoms with Gasteiger partial charge in [0.2, 0.25) is 21.8 Å².